The molecule has 0 amide bonds. The first kappa shape index (κ1) is 15.1. The maximum Gasteiger partial charge on any atom is 0.163 e. The van der Waals surface area contributed by atoms with E-state index in [-0.39, 0.29) is 5.38 Å². The molecule has 1 unspecified atom stereocenters. The van der Waals surface area contributed by atoms with E-state index in [1.807, 2.05) is 43.8 Å². The van der Waals surface area contributed by atoms with E-state index < -0.39 is 0 Å². The molecule has 2 aromatic heterocycles. The SMILES string of the molecule is Cc1nn(C)c2c1nc(C(C)Cl)n2-c1ccc(Cl)cc1I. The monoisotopic (exact) mass is 434 g/mol. The zero-order valence-corrected chi connectivity index (χ0v) is 15.4. The van der Waals surface area contributed by atoms with Crippen molar-refractivity contribution >= 4 is 57.0 Å². The fourth-order valence-electron chi connectivity index (χ4n) is 2.46. The number of aromatic nitrogens is 4. The van der Waals surface area contributed by atoms with Gasteiger partial charge in [0.15, 0.2) is 5.65 Å². The smallest absolute Gasteiger partial charge is 0.163 e. The van der Waals surface area contributed by atoms with Crippen LogP contribution >= 0.6 is 45.8 Å². The molecule has 0 saturated carbocycles. The summed E-state index contributed by atoms with van der Waals surface area (Å²) in [6.07, 6.45) is 0. The third-order valence-electron chi connectivity index (χ3n) is 3.33. The van der Waals surface area contributed by atoms with E-state index >= 15 is 0 Å². The molecule has 2 heterocycles. The Kier molecular flexibility index (Phi) is 3.92. The summed E-state index contributed by atoms with van der Waals surface area (Å²) in [5, 5.41) is 4.95. The first-order valence-electron chi connectivity index (χ1n) is 6.41. The molecule has 0 saturated heterocycles. The van der Waals surface area contributed by atoms with Crippen molar-refractivity contribution in [2.45, 2.75) is 19.2 Å². The second-order valence-electron chi connectivity index (χ2n) is 4.90. The van der Waals surface area contributed by atoms with Crippen LogP contribution in [0, 0.1) is 10.5 Å². The van der Waals surface area contributed by atoms with Crippen molar-refractivity contribution in [2.24, 2.45) is 7.05 Å². The van der Waals surface area contributed by atoms with Crippen LogP contribution in [0.5, 0.6) is 0 Å². The predicted octanol–water partition coefficient (Wildman–Crippen LogP) is 4.63. The van der Waals surface area contributed by atoms with E-state index in [9.17, 15) is 0 Å². The van der Waals surface area contributed by atoms with Crippen molar-refractivity contribution < 1.29 is 0 Å². The number of imidazole rings is 1. The summed E-state index contributed by atoms with van der Waals surface area (Å²) >= 11 is 14.7. The van der Waals surface area contributed by atoms with Crippen molar-refractivity contribution in [3.63, 3.8) is 0 Å². The summed E-state index contributed by atoms with van der Waals surface area (Å²) in [5.41, 5.74) is 3.72. The van der Waals surface area contributed by atoms with Gasteiger partial charge in [0, 0.05) is 15.6 Å². The highest BCUT2D eigenvalue weighted by Crippen LogP contribution is 2.32. The number of hydrogen-bond donors (Lipinski definition) is 0. The lowest BCUT2D eigenvalue weighted by Gasteiger charge is -2.13. The fourth-order valence-corrected chi connectivity index (χ4v) is 3.72. The number of nitrogens with zero attached hydrogens (tertiary/aromatic N) is 4. The quantitative estimate of drug-likeness (QED) is 0.435. The molecule has 0 aliphatic carbocycles. The zero-order valence-electron chi connectivity index (χ0n) is 11.7. The molecule has 0 fully saturated rings. The van der Waals surface area contributed by atoms with Crippen LogP contribution in [0.4, 0.5) is 0 Å². The van der Waals surface area contributed by atoms with Gasteiger partial charge >= 0.3 is 0 Å². The first-order chi connectivity index (χ1) is 9.90. The molecule has 0 radical (unpaired) electrons. The minimum Gasteiger partial charge on any atom is -0.279 e. The minimum absolute atomic E-state index is 0.205. The first-order valence-corrected chi connectivity index (χ1v) is 8.31. The lowest BCUT2D eigenvalue weighted by Crippen LogP contribution is -2.07. The third kappa shape index (κ3) is 2.45. The van der Waals surface area contributed by atoms with E-state index in [1.54, 1.807) is 0 Å². The Hall–Kier alpha value is -0.790. The van der Waals surface area contributed by atoms with Crippen LogP contribution in [0.1, 0.15) is 23.8 Å². The van der Waals surface area contributed by atoms with Crippen LogP contribution in [0.15, 0.2) is 18.2 Å². The van der Waals surface area contributed by atoms with Gasteiger partial charge in [-0.15, -0.1) is 11.6 Å². The maximum atomic E-state index is 6.33. The Morgan fingerprint density at radius 1 is 1.33 bits per heavy atom. The number of fused-ring (bicyclic) bond motifs is 1. The van der Waals surface area contributed by atoms with Crippen LogP contribution < -0.4 is 0 Å². The standard InChI is InChI=1S/C14H13Cl2IN4/c1-7(15)13-18-12-8(2)19-20(3)14(12)21(13)11-5-4-9(16)6-10(11)17/h4-7H,1-3H3. The topological polar surface area (TPSA) is 35.6 Å². The van der Waals surface area contributed by atoms with Crippen molar-refractivity contribution in [3.8, 4) is 5.69 Å². The molecule has 1 atom stereocenters. The lowest BCUT2D eigenvalue weighted by molar-refractivity contribution is 0.747. The summed E-state index contributed by atoms with van der Waals surface area (Å²) in [6, 6.07) is 5.78. The van der Waals surface area contributed by atoms with Gasteiger partial charge in [0.2, 0.25) is 0 Å². The van der Waals surface area contributed by atoms with Crippen molar-refractivity contribution in [3.05, 3.63) is 38.3 Å². The molecule has 1 aromatic carbocycles. The van der Waals surface area contributed by atoms with Gasteiger partial charge in [0.1, 0.15) is 11.3 Å². The Bertz CT molecular complexity index is 835. The molecule has 21 heavy (non-hydrogen) atoms. The van der Waals surface area contributed by atoms with E-state index in [2.05, 4.69) is 37.2 Å². The Balaban J connectivity index is 2.41. The van der Waals surface area contributed by atoms with Gasteiger partial charge in [-0.2, -0.15) is 5.10 Å². The van der Waals surface area contributed by atoms with Crippen molar-refractivity contribution in [2.75, 3.05) is 0 Å². The highest BCUT2D eigenvalue weighted by molar-refractivity contribution is 14.1. The fraction of sp³-hybridized carbons (Fsp3) is 0.286. The predicted molar refractivity (Wildman–Crippen MR) is 94.6 cm³/mol. The molecule has 3 rings (SSSR count). The molecule has 3 aromatic rings. The van der Waals surface area contributed by atoms with E-state index in [0.717, 1.165) is 31.9 Å². The zero-order chi connectivity index (χ0) is 15.3. The van der Waals surface area contributed by atoms with Crippen molar-refractivity contribution in [1.82, 2.24) is 19.3 Å². The number of halogens is 3. The van der Waals surface area contributed by atoms with Gasteiger partial charge in [-0.05, 0) is 54.6 Å². The van der Waals surface area contributed by atoms with Gasteiger partial charge in [0.05, 0.1) is 16.8 Å². The number of aryl methyl sites for hydroxylation is 2. The average Bonchev–Trinajstić information content (AvgIpc) is 2.90. The number of benzene rings is 1. The number of alkyl halides is 1. The number of hydrogen-bond acceptors (Lipinski definition) is 2. The third-order valence-corrected chi connectivity index (χ3v) is 4.63. The Morgan fingerprint density at radius 3 is 2.67 bits per heavy atom. The molecule has 110 valence electrons. The largest absolute Gasteiger partial charge is 0.279 e. The second kappa shape index (κ2) is 5.44. The normalized spacial score (nSPS) is 13.0. The molecule has 0 aliphatic heterocycles. The highest BCUT2D eigenvalue weighted by Gasteiger charge is 2.22. The van der Waals surface area contributed by atoms with Crippen LogP contribution in [0.2, 0.25) is 5.02 Å². The highest BCUT2D eigenvalue weighted by atomic mass is 127. The van der Waals surface area contributed by atoms with E-state index in [4.69, 9.17) is 23.2 Å². The molecule has 0 aliphatic rings. The van der Waals surface area contributed by atoms with Gasteiger partial charge in [-0.1, -0.05) is 11.6 Å². The molecule has 0 N–H and O–H groups in total. The molecule has 4 nitrogen and oxygen atoms in total. The van der Waals surface area contributed by atoms with E-state index in [1.165, 1.54) is 0 Å². The Morgan fingerprint density at radius 2 is 2.05 bits per heavy atom. The molecular formula is C14H13Cl2IN4. The molecular weight excluding hydrogens is 422 g/mol. The van der Waals surface area contributed by atoms with Crippen molar-refractivity contribution in [1.29, 1.82) is 0 Å². The van der Waals surface area contributed by atoms with Crippen LogP contribution in [-0.2, 0) is 7.05 Å². The van der Waals surface area contributed by atoms with E-state index in [0.29, 0.717) is 5.02 Å². The summed E-state index contributed by atoms with van der Waals surface area (Å²) in [7, 11) is 1.92. The van der Waals surface area contributed by atoms with Crippen LogP contribution in [0.3, 0.4) is 0 Å². The summed E-state index contributed by atoms with van der Waals surface area (Å²) < 4.78 is 4.94. The average molecular weight is 435 g/mol. The van der Waals surface area contributed by atoms with Gasteiger partial charge in [-0.3, -0.25) is 4.57 Å². The lowest BCUT2D eigenvalue weighted by atomic mass is 10.3. The Labute approximate surface area is 146 Å². The minimum atomic E-state index is -0.205. The van der Waals surface area contributed by atoms with Gasteiger partial charge < -0.3 is 0 Å². The van der Waals surface area contributed by atoms with Gasteiger partial charge in [-0.25, -0.2) is 9.67 Å². The molecule has 7 heteroatoms. The molecule has 0 bridgehead atoms. The van der Waals surface area contributed by atoms with Crippen LogP contribution in [0.25, 0.3) is 16.9 Å². The van der Waals surface area contributed by atoms with Crippen LogP contribution in [-0.4, -0.2) is 19.3 Å². The summed E-state index contributed by atoms with van der Waals surface area (Å²) in [6.45, 7) is 3.87. The molecule has 0 spiro atoms. The second-order valence-corrected chi connectivity index (χ2v) is 7.15. The maximum absolute atomic E-state index is 6.33. The number of rotatable bonds is 2. The summed E-state index contributed by atoms with van der Waals surface area (Å²) in [5.74, 6) is 0.808. The van der Waals surface area contributed by atoms with Gasteiger partial charge in [0.25, 0.3) is 0 Å². The summed E-state index contributed by atoms with van der Waals surface area (Å²) in [4.78, 5) is 4.68.